The first-order valence-corrected chi connectivity index (χ1v) is 5.26. The number of carbonyl (C=O) groups is 4. The Balaban J connectivity index is 2.49. The predicted octanol–water partition coefficient (Wildman–Crippen LogP) is -1.23. The Morgan fingerprint density at radius 2 is 2.00 bits per heavy atom. The van der Waals surface area contributed by atoms with Crippen molar-refractivity contribution in [3.8, 4) is 0 Å². The van der Waals surface area contributed by atoms with Crippen molar-refractivity contribution >= 4 is 24.1 Å². The molecule has 7 heteroatoms. The van der Waals surface area contributed by atoms with Gasteiger partial charge in [0.05, 0.1) is 6.42 Å². The van der Waals surface area contributed by atoms with Gasteiger partial charge in [0.2, 0.25) is 12.3 Å². The lowest BCUT2D eigenvalue weighted by molar-refractivity contribution is -0.145. The molecule has 1 aliphatic rings. The molecule has 1 heterocycles. The standard InChI is InChI=1S/C10H14N2O5/c13-6-11-8(10(16)17)5-9(15)12-3-1-7(14)2-4-12/h6,8H,1-5H2,(H,11,13)(H,16,17). The second-order valence-electron chi connectivity index (χ2n) is 3.80. The van der Waals surface area contributed by atoms with Crippen molar-refractivity contribution in [1.29, 1.82) is 0 Å². The number of nitrogens with one attached hydrogen (secondary N) is 1. The molecule has 0 spiro atoms. The topological polar surface area (TPSA) is 104 Å². The van der Waals surface area contributed by atoms with E-state index in [1.165, 1.54) is 4.90 Å². The summed E-state index contributed by atoms with van der Waals surface area (Å²) in [6.07, 6.45) is 0.587. The van der Waals surface area contributed by atoms with Gasteiger partial charge >= 0.3 is 5.97 Å². The molecule has 1 atom stereocenters. The zero-order valence-corrected chi connectivity index (χ0v) is 9.22. The summed E-state index contributed by atoms with van der Waals surface area (Å²) in [7, 11) is 0. The van der Waals surface area contributed by atoms with Gasteiger partial charge in [-0.2, -0.15) is 0 Å². The number of aliphatic carboxylic acids is 1. The van der Waals surface area contributed by atoms with Gasteiger partial charge in [0.25, 0.3) is 0 Å². The van der Waals surface area contributed by atoms with Gasteiger partial charge in [-0.25, -0.2) is 4.79 Å². The summed E-state index contributed by atoms with van der Waals surface area (Å²) in [6.45, 7) is 0.649. The van der Waals surface area contributed by atoms with Crippen molar-refractivity contribution in [3.05, 3.63) is 0 Å². The molecule has 1 saturated heterocycles. The van der Waals surface area contributed by atoms with Crippen LogP contribution in [0.1, 0.15) is 19.3 Å². The molecule has 1 fully saturated rings. The van der Waals surface area contributed by atoms with Crippen LogP contribution in [0, 0.1) is 0 Å². The van der Waals surface area contributed by atoms with Crippen LogP contribution in [0.2, 0.25) is 0 Å². The molecule has 1 unspecified atom stereocenters. The van der Waals surface area contributed by atoms with E-state index in [0.717, 1.165) is 0 Å². The molecule has 0 aromatic heterocycles. The number of Topliss-reactive ketones (excluding diaryl/α,β-unsaturated/α-hetero) is 1. The van der Waals surface area contributed by atoms with Crippen molar-refractivity contribution in [2.45, 2.75) is 25.3 Å². The summed E-state index contributed by atoms with van der Waals surface area (Å²) in [5.41, 5.74) is 0. The number of piperidine rings is 1. The summed E-state index contributed by atoms with van der Waals surface area (Å²) in [4.78, 5) is 45.0. The van der Waals surface area contributed by atoms with Gasteiger partial charge in [-0.15, -0.1) is 0 Å². The molecular weight excluding hydrogens is 228 g/mol. The highest BCUT2D eigenvalue weighted by Crippen LogP contribution is 2.08. The minimum absolute atomic E-state index is 0.106. The van der Waals surface area contributed by atoms with E-state index in [4.69, 9.17) is 5.11 Å². The molecule has 94 valence electrons. The molecule has 2 N–H and O–H groups in total. The fourth-order valence-corrected chi connectivity index (χ4v) is 1.61. The Morgan fingerprint density at radius 3 is 2.47 bits per heavy atom. The summed E-state index contributed by atoms with van der Waals surface area (Å²) < 4.78 is 0. The van der Waals surface area contributed by atoms with Crippen LogP contribution in [-0.4, -0.2) is 53.2 Å². The molecule has 7 nitrogen and oxygen atoms in total. The van der Waals surface area contributed by atoms with Crippen molar-refractivity contribution in [2.24, 2.45) is 0 Å². The van der Waals surface area contributed by atoms with Gasteiger partial charge in [0.15, 0.2) is 0 Å². The van der Waals surface area contributed by atoms with Crippen molar-refractivity contribution in [3.63, 3.8) is 0 Å². The molecule has 0 aromatic rings. The van der Waals surface area contributed by atoms with Crippen LogP contribution in [0.3, 0.4) is 0 Å². The number of carboxylic acid groups (broad SMARTS) is 1. The minimum Gasteiger partial charge on any atom is -0.480 e. The van der Waals surface area contributed by atoms with E-state index in [1.54, 1.807) is 0 Å². The minimum atomic E-state index is -1.25. The van der Waals surface area contributed by atoms with Crippen LogP contribution < -0.4 is 5.32 Å². The van der Waals surface area contributed by atoms with Gasteiger partial charge in [0, 0.05) is 25.9 Å². The lowest BCUT2D eigenvalue weighted by Gasteiger charge is -2.27. The predicted molar refractivity (Wildman–Crippen MR) is 56.1 cm³/mol. The third-order valence-electron chi connectivity index (χ3n) is 2.62. The summed E-state index contributed by atoms with van der Waals surface area (Å²) >= 11 is 0. The van der Waals surface area contributed by atoms with Gasteiger partial charge < -0.3 is 15.3 Å². The van der Waals surface area contributed by atoms with E-state index >= 15 is 0 Å². The molecule has 0 saturated carbocycles. The number of ketones is 1. The van der Waals surface area contributed by atoms with Crippen LogP contribution in [0.4, 0.5) is 0 Å². The van der Waals surface area contributed by atoms with E-state index in [9.17, 15) is 19.2 Å². The van der Waals surface area contributed by atoms with E-state index in [2.05, 4.69) is 5.32 Å². The number of carboxylic acids is 1. The lowest BCUT2D eigenvalue weighted by atomic mass is 10.1. The molecule has 17 heavy (non-hydrogen) atoms. The van der Waals surface area contributed by atoms with Gasteiger partial charge in [-0.1, -0.05) is 0 Å². The quantitative estimate of drug-likeness (QED) is 0.587. The maximum Gasteiger partial charge on any atom is 0.326 e. The van der Waals surface area contributed by atoms with Crippen molar-refractivity contribution in [2.75, 3.05) is 13.1 Å². The van der Waals surface area contributed by atoms with Gasteiger partial charge in [0.1, 0.15) is 11.8 Å². The van der Waals surface area contributed by atoms with Crippen LogP contribution >= 0.6 is 0 Å². The van der Waals surface area contributed by atoms with E-state index < -0.39 is 12.0 Å². The maximum absolute atomic E-state index is 11.7. The fourth-order valence-electron chi connectivity index (χ4n) is 1.61. The molecule has 2 amide bonds. The normalized spacial score (nSPS) is 17.4. The van der Waals surface area contributed by atoms with E-state index in [-0.39, 0.29) is 24.5 Å². The van der Waals surface area contributed by atoms with Crippen molar-refractivity contribution in [1.82, 2.24) is 10.2 Å². The summed E-state index contributed by atoms with van der Waals surface area (Å²) in [6, 6.07) is -1.21. The second kappa shape index (κ2) is 5.97. The Kier molecular flexibility index (Phi) is 4.62. The molecule has 1 rings (SSSR count). The smallest absolute Gasteiger partial charge is 0.326 e. The maximum atomic E-state index is 11.7. The Morgan fingerprint density at radius 1 is 1.41 bits per heavy atom. The van der Waals surface area contributed by atoms with Crippen LogP contribution in [0.15, 0.2) is 0 Å². The highest BCUT2D eigenvalue weighted by atomic mass is 16.4. The third kappa shape index (κ3) is 3.86. The summed E-state index contributed by atoms with van der Waals surface area (Å²) in [5, 5.41) is 10.8. The lowest BCUT2D eigenvalue weighted by Crippen LogP contribution is -2.44. The summed E-state index contributed by atoms with van der Waals surface area (Å²) in [5.74, 6) is -1.51. The molecule has 0 radical (unpaired) electrons. The Hall–Kier alpha value is -1.92. The number of likely N-dealkylation sites (tertiary alicyclic amines) is 1. The van der Waals surface area contributed by atoms with Gasteiger partial charge in [-0.3, -0.25) is 14.4 Å². The molecule has 0 aromatic carbocycles. The first-order chi connectivity index (χ1) is 8.04. The first kappa shape index (κ1) is 13.1. The van der Waals surface area contributed by atoms with Crippen molar-refractivity contribution < 1.29 is 24.3 Å². The highest BCUT2D eigenvalue weighted by Gasteiger charge is 2.26. The average Bonchev–Trinajstić information content (AvgIpc) is 2.29. The number of amides is 2. The van der Waals surface area contributed by atoms with E-state index in [1.807, 2.05) is 0 Å². The highest BCUT2D eigenvalue weighted by molar-refractivity contribution is 5.87. The SMILES string of the molecule is O=CNC(CC(=O)N1CCC(=O)CC1)C(=O)O. The zero-order valence-electron chi connectivity index (χ0n) is 9.22. The third-order valence-corrected chi connectivity index (χ3v) is 2.62. The Labute approximate surface area is 97.8 Å². The number of nitrogens with zero attached hydrogens (tertiary/aromatic N) is 1. The van der Waals surface area contributed by atoms with Crippen LogP contribution in [0.25, 0.3) is 0 Å². The zero-order chi connectivity index (χ0) is 12.8. The van der Waals surface area contributed by atoms with Crippen LogP contribution in [-0.2, 0) is 19.2 Å². The first-order valence-electron chi connectivity index (χ1n) is 5.26. The molecule has 0 bridgehead atoms. The van der Waals surface area contributed by atoms with Crippen LogP contribution in [0.5, 0.6) is 0 Å². The Bertz CT molecular complexity index is 332. The van der Waals surface area contributed by atoms with Gasteiger partial charge in [-0.05, 0) is 0 Å². The number of hydrogen-bond acceptors (Lipinski definition) is 4. The largest absolute Gasteiger partial charge is 0.480 e. The second-order valence-corrected chi connectivity index (χ2v) is 3.80. The fraction of sp³-hybridized carbons (Fsp3) is 0.600. The average molecular weight is 242 g/mol. The molecule has 1 aliphatic heterocycles. The number of carbonyl (C=O) groups excluding carboxylic acids is 3. The molecular formula is C10H14N2O5. The van der Waals surface area contributed by atoms with E-state index in [0.29, 0.717) is 25.9 Å². The molecule has 0 aliphatic carbocycles. The number of hydrogen-bond donors (Lipinski definition) is 2. The number of rotatable bonds is 5. The monoisotopic (exact) mass is 242 g/mol.